The summed E-state index contributed by atoms with van der Waals surface area (Å²) in [7, 11) is 4.81. The maximum absolute atomic E-state index is 12.9. The second kappa shape index (κ2) is 9.82. The number of carbonyl (C=O) groups is 1. The second-order valence-electron chi connectivity index (χ2n) is 6.70. The van der Waals surface area contributed by atoms with Crippen LogP contribution in [0, 0.1) is 0 Å². The topological polar surface area (TPSA) is 74.6 Å². The molecule has 1 N–H and O–H groups in total. The lowest BCUT2D eigenvalue weighted by Crippen LogP contribution is -2.26. The highest BCUT2D eigenvalue weighted by Crippen LogP contribution is 2.33. The van der Waals surface area contributed by atoms with Crippen LogP contribution in [-0.2, 0) is 0 Å². The molecule has 0 spiro atoms. The molecule has 3 aromatic rings. The number of amides is 1. The Morgan fingerprint density at radius 2 is 1.67 bits per heavy atom. The van der Waals surface area contributed by atoms with Gasteiger partial charge < -0.3 is 19.5 Å². The molecule has 0 aliphatic carbocycles. The van der Waals surface area contributed by atoms with Gasteiger partial charge >= 0.3 is 0 Å². The van der Waals surface area contributed by atoms with Gasteiger partial charge in [-0.2, -0.15) is 5.10 Å². The van der Waals surface area contributed by atoms with Gasteiger partial charge in [-0.15, -0.1) is 0 Å². The molecule has 7 heteroatoms. The maximum Gasteiger partial charge on any atom is 0.270 e. The number of hydrogen-bond acceptors (Lipinski definition) is 5. The molecular formula is C23H27N3O4. The molecule has 1 heterocycles. The number of unbranched alkanes of at least 4 members (excludes halogenated alkanes) is 1. The second-order valence-corrected chi connectivity index (χ2v) is 6.70. The molecule has 158 valence electrons. The molecule has 7 nitrogen and oxygen atoms in total. The van der Waals surface area contributed by atoms with Crippen LogP contribution >= 0.6 is 0 Å². The van der Waals surface area contributed by atoms with Crippen molar-refractivity contribution in [1.29, 1.82) is 0 Å². The predicted octanol–water partition coefficient (Wildman–Crippen LogP) is 4.10. The van der Waals surface area contributed by atoms with Crippen molar-refractivity contribution in [1.82, 2.24) is 15.1 Å². The molecule has 0 saturated carbocycles. The third-order valence-corrected chi connectivity index (χ3v) is 4.76. The van der Waals surface area contributed by atoms with Crippen molar-refractivity contribution in [3.63, 3.8) is 0 Å². The van der Waals surface area contributed by atoms with Crippen molar-refractivity contribution in [2.45, 2.75) is 19.8 Å². The first-order valence-electron chi connectivity index (χ1n) is 9.86. The van der Waals surface area contributed by atoms with Gasteiger partial charge in [-0.05, 0) is 48.9 Å². The van der Waals surface area contributed by atoms with Gasteiger partial charge in [-0.25, -0.2) is 4.68 Å². The molecule has 1 amide bonds. The summed E-state index contributed by atoms with van der Waals surface area (Å²) in [5.41, 5.74) is 2.61. The summed E-state index contributed by atoms with van der Waals surface area (Å²) in [4.78, 5) is 12.9. The summed E-state index contributed by atoms with van der Waals surface area (Å²) in [5.74, 6) is 1.86. The average Bonchev–Trinajstić information content (AvgIpc) is 3.24. The number of hydrogen-bond donors (Lipinski definition) is 1. The van der Waals surface area contributed by atoms with Crippen molar-refractivity contribution in [2.75, 3.05) is 27.9 Å². The zero-order chi connectivity index (χ0) is 21.5. The molecule has 0 saturated heterocycles. The van der Waals surface area contributed by atoms with Gasteiger partial charge in [0.05, 0.1) is 32.7 Å². The minimum Gasteiger partial charge on any atom is -0.497 e. The summed E-state index contributed by atoms with van der Waals surface area (Å²) in [5, 5.41) is 7.68. The summed E-state index contributed by atoms with van der Waals surface area (Å²) in [6, 6.07) is 14.7. The van der Waals surface area contributed by atoms with E-state index in [2.05, 4.69) is 12.2 Å². The molecule has 0 bridgehead atoms. The van der Waals surface area contributed by atoms with E-state index >= 15 is 0 Å². The fraction of sp³-hybridized carbons (Fsp3) is 0.304. The maximum atomic E-state index is 12.9. The third kappa shape index (κ3) is 4.56. The summed E-state index contributed by atoms with van der Waals surface area (Å²) in [6.45, 7) is 2.70. The Morgan fingerprint density at radius 3 is 2.30 bits per heavy atom. The Balaban J connectivity index is 2.06. The van der Waals surface area contributed by atoms with Crippen LogP contribution in [-0.4, -0.2) is 43.6 Å². The lowest BCUT2D eigenvalue weighted by molar-refractivity contribution is 0.0945. The van der Waals surface area contributed by atoms with Crippen molar-refractivity contribution in [3.05, 3.63) is 54.2 Å². The van der Waals surface area contributed by atoms with E-state index in [0.717, 1.165) is 29.8 Å². The minimum atomic E-state index is -0.175. The first-order valence-corrected chi connectivity index (χ1v) is 9.86. The number of methoxy groups -OCH3 is 3. The van der Waals surface area contributed by atoms with Gasteiger partial charge in [0.1, 0.15) is 22.9 Å². The number of nitrogens with one attached hydrogen (secondary N) is 1. The molecule has 30 heavy (non-hydrogen) atoms. The monoisotopic (exact) mass is 409 g/mol. The normalized spacial score (nSPS) is 10.5. The number of carbonyl (C=O) groups excluding carboxylic acids is 1. The predicted molar refractivity (Wildman–Crippen MR) is 116 cm³/mol. The van der Waals surface area contributed by atoms with E-state index in [9.17, 15) is 4.79 Å². The molecule has 0 aliphatic rings. The highest BCUT2D eigenvalue weighted by atomic mass is 16.5. The Morgan fingerprint density at radius 1 is 0.967 bits per heavy atom. The van der Waals surface area contributed by atoms with Crippen LogP contribution in [0.15, 0.2) is 48.5 Å². The fourth-order valence-electron chi connectivity index (χ4n) is 3.07. The Labute approximate surface area is 176 Å². The van der Waals surface area contributed by atoms with Crippen LogP contribution < -0.4 is 19.5 Å². The number of ether oxygens (including phenoxy) is 3. The van der Waals surface area contributed by atoms with Crippen molar-refractivity contribution in [3.8, 4) is 34.2 Å². The minimum absolute atomic E-state index is 0.175. The van der Waals surface area contributed by atoms with Crippen molar-refractivity contribution >= 4 is 5.91 Å². The highest BCUT2D eigenvalue weighted by Gasteiger charge is 2.19. The molecule has 0 unspecified atom stereocenters. The van der Waals surface area contributed by atoms with Gasteiger partial charge in [-0.3, -0.25) is 4.79 Å². The Bertz CT molecular complexity index is 996. The number of benzene rings is 2. The van der Waals surface area contributed by atoms with Crippen LogP contribution in [0.1, 0.15) is 30.3 Å². The quantitative estimate of drug-likeness (QED) is 0.539. The lowest BCUT2D eigenvalue weighted by Gasteiger charge is -2.09. The largest absolute Gasteiger partial charge is 0.497 e. The third-order valence-electron chi connectivity index (χ3n) is 4.76. The highest BCUT2D eigenvalue weighted by molar-refractivity contribution is 5.94. The van der Waals surface area contributed by atoms with E-state index in [0.29, 0.717) is 29.4 Å². The molecular weight excluding hydrogens is 382 g/mol. The van der Waals surface area contributed by atoms with Crippen LogP contribution in [0.3, 0.4) is 0 Å². The molecule has 3 rings (SSSR count). The Kier molecular flexibility index (Phi) is 6.95. The molecule has 1 aromatic heterocycles. The fourth-order valence-corrected chi connectivity index (χ4v) is 3.07. The lowest BCUT2D eigenvalue weighted by atomic mass is 10.1. The number of aromatic nitrogens is 2. The SMILES string of the molecule is CCCCNC(=O)c1cc(-c2ccc(OC)cc2OC)nn1-c1ccc(OC)cc1. The molecule has 0 aliphatic heterocycles. The molecule has 0 atom stereocenters. The first kappa shape index (κ1) is 21.2. The standard InChI is InChI=1S/C23H27N3O4/c1-5-6-13-24-23(27)21-15-20(19-12-11-18(29-3)14-22(19)30-4)25-26(21)16-7-9-17(28-2)10-8-16/h7-12,14-15H,5-6,13H2,1-4H3,(H,24,27). The van der Waals surface area contributed by atoms with E-state index in [1.54, 1.807) is 38.1 Å². The van der Waals surface area contributed by atoms with Gasteiger partial charge in [-0.1, -0.05) is 13.3 Å². The van der Waals surface area contributed by atoms with Crippen LogP contribution in [0.2, 0.25) is 0 Å². The molecule has 2 aromatic carbocycles. The number of rotatable bonds is 9. The zero-order valence-corrected chi connectivity index (χ0v) is 17.8. The van der Waals surface area contributed by atoms with E-state index < -0.39 is 0 Å². The number of nitrogens with zero attached hydrogens (tertiary/aromatic N) is 2. The summed E-state index contributed by atoms with van der Waals surface area (Å²) in [6.07, 6.45) is 1.92. The van der Waals surface area contributed by atoms with Gasteiger partial charge in [0.2, 0.25) is 0 Å². The van der Waals surface area contributed by atoms with Crippen LogP contribution in [0.5, 0.6) is 17.2 Å². The van der Waals surface area contributed by atoms with E-state index in [-0.39, 0.29) is 5.91 Å². The van der Waals surface area contributed by atoms with E-state index in [1.807, 2.05) is 36.4 Å². The van der Waals surface area contributed by atoms with Crippen molar-refractivity contribution in [2.24, 2.45) is 0 Å². The average molecular weight is 409 g/mol. The van der Waals surface area contributed by atoms with Crippen LogP contribution in [0.4, 0.5) is 0 Å². The smallest absolute Gasteiger partial charge is 0.270 e. The molecule has 0 fully saturated rings. The van der Waals surface area contributed by atoms with E-state index in [4.69, 9.17) is 19.3 Å². The van der Waals surface area contributed by atoms with Gasteiger partial charge in [0.25, 0.3) is 5.91 Å². The molecule has 0 radical (unpaired) electrons. The zero-order valence-electron chi connectivity index (χ0n) is 17.8. The Hall–Kier alpha value is -3.48. The van der Waals surface area contributed by atoms with Crippen LogP contribution in [0.25, 0.3) is 16.9 Å². The van der Waals surface area contributed by atoms with E-state index in [1.165, 1.54) is 0 Å². The van der Waals surface area contributed by atoms with Crippen molar-refractivity contribution < 1.29 is 19.0 Å². The first-order chi connectivity index (χ1) is 14.6. The van der Waals surface area contributed by atoms with Gasteiger partial charge in [0, 0.05) is 18.2 Å². The van der Waals surface area contributed by atoms with Gasteiger partial charge in [0.15, 0.2) is 0 Å². The summed E-state index contributed by atoms with van der Waals surface area (Å²) >= 11 is 0. The summed E-state index contributed by atoms with van der Waals surface area (Å²) < 4.78 is 17.7.